The molecule has 2 aromatic rings. The number of nitrogens with two attached hydrogens (primary N) is 1. The van der Waals surface area contributed by atoms with Crippen LogP contribution in [-0.4, -0.2) is 18.0 Å². The number of nitrogens with one attached hydrogen (secondary N) is 1. The standard InChI is InChI=1S/C13H11BrN2O3S/c1-18-8-4-2-3-7(12(15)20)11(8)16-13(17)9-5-6-10(14)19-9/h2-6H,1H3,(H2,15,20)(H,16,17). The molecule has 1 heterocycles. The van der Waals surface area contributed by atoms with Crippen molar-refractivity contribution in [3.05, 3.63) is 46.3 Å². The van der Waals surface area contributed by atoms with E-state index in [-0.39, 0.29) is 10.7 Å². The number of thiocarbonyl (C=S) groups is 1. The zero-order chi connectivity index (χ0) is 14.7. The molecule has 0 aliphatic carbocycles. The number of hydrogen-bond acceptors (Lipinski definition) is 4. The second kappa shape index (κ2) is 6.06. The van der Waals surface area contributed by atoms with Gasteiger partial charge >= 0.3 is 0 Å². The van der Waals surface area contributed by atoms with Crippen LogP contribution in [0.25, 0.3) is 0 Å². The van der Waals surface area contributed by atoms with Crippen LogP contribution in [0.15, 0.2) is 39.4 Å². The molecule has 0 spiro atoms. The monoisotopic (exact) mass is 354 g/mol. The van der Waals surface area contributed by atoms with Gasteiger partial charge in [-0.2, -0.15) is 0 Å². The van der Waals surface area contributed by atoms with Crippen molar-refractivity contribution < 1.29 is 13.9 Å². The Bertz CT molecular complexity index is 669. The maximum atomic E-state index is 12.1. The largest absolute Gasteiger partial charge is 0.495 e. The zero-order valence-corrected chi connectivity index (χ0v) is 12.9. The number of halogens is 1. The molecule has 0 aliphatic heterocycles. The lowest BCUT2D eigenvalue weighted by atomic mass is 10.1. The van der Waals surface area contributed by atoms with E-state index in [1.165, 1.54) is 7.11 Å². The molecular formula is C13H11BrN2O3S. The average molecular weight is 355 g/mol. The summed E-state index contributed by atoms with van der Waals surface area (Å²) in [4.78, 5) is 12.3. The molecule has 1 aromatic carbocycles. The van der Waals surface area contributed by atoms with Crippen LogP contribution in [0.5, 0.6) is 5.75 Å². The van der Waals surface area contributed by atoms with Crippen molar-refractivity contribution in [3.8, 4) is 5.75 Å². The summed E-state index contributed by atoms with van der Waals surface area (Å²) >= 11 is 8.11. The summed E-state index contributed by atoms with van der Waals surface area (Å²) in [5.74, 6) is 0.212. The molecule has 3 N–H and O–H groups in total. The molecule has 0 bridgehead atoms. The van der Waals surface area contributed by atoms with E-state index in [1.807, 2.05) is 0 Å². The minimum Gasteiger partial charge on any atom is -0.495 e. The predicted molar refractivity (Wildman–Crippen MR) is 83.2 cm³/mol. The fourth-order valence-electron chi connectivity index (χ4n) is 1.65. The molecule has 1 aromatic heterocycles. The van der Waals surface area contributed by atoms with Crippen LogP contribution in [0.2, 0.25) is 0 Å². The van der Waals surface area contributed by atoms with Crippen molar-refractivity contribution in [3.63, 3.8) is 0 Å². The molecule has 0 atom stereocenters. The number of ether oxygens (including phenoxy) is 1. The summed E-state index contributed by atoms with van der Waals surface area (Å²) in [5.41, 5.74) is 6.59. The molecule has 0 unspecified atom stereocenters. The number of carbonyl (C=O) groups excluding carboxylic acids is 1. The number of benzene rings is 1. The van der Waals surface area contributed by atoms with Gasteiger partial charge in [0.2, 0.25) is 0 Å². The Morgan fingerprint density at radius 2 is 2.15 bits per heavy atom. The molecule has 104 valence electrons. The maximum absolute atomic E-state index is 12.1. The van der Waals surface area contributed by atoms with Gasteiger partial charge in [0.25, 0.3) is 5.91 Å². The van der Waals surface area contributed by atoms with Crippen molar-refractivity contribution in [1.82, 2.24) is 0 Å². The highest BCUT2D eigenvalue weighted by Gasteiger charge is 2.17. The first-order valence-corrected chi connectivity index (χ1v) is 6.76. The van der Waals surface area contributed by atoms with Gasteiger partial charge in [0, 0.05) is 5.56 Å². The van der Waals surface area contributed by atoms with E-state index in [4.69, 9.17) is 27.1 Å². The normalized spacial score (nSPS) is 10.1. The predicted octanol–water partition coefficient (Wildman–Crippen LogP) is 2.94. The lowest BCUT2D eigenvalue weighted by molar-refractivity contribution is 0.0995. The van der Waals surface area contributed by atoms with Gasteiger partial charge in [0.15, 0.2) is 10.4 Å². The number of anilines is 1. The summed E-state index contributed by atoms with van der Waals surface area (Å²) in [6.07, 6.45) is 0. The first-order chi connectivity index (χ1) is 9.52. The Morgan fingerprint density at radius 1 is 1.40 bits per heavy atom. The molecule has 5 nitrogen and oxygen atoms in total. The highest BCUT2D eigenvalue weighted by atomic mass is 79.9. The van der Waals surface area contributed by atoms with Gasteiger partial charge in [-0.05, 0) is 40.2 Å². The van der Waals surface area contributed by atoms with Gasteiger partial charge in [-0.25, -0.2) is 0 Å². The maximum Gasteiger partial charge on any atom is 0.291 e. The highest BCUT2D eigenvalue weighted by Crippen LogP contribution is 2.29. The summed E-state index contributed by atoms with van der Waals surface area (Å²) in [5, 5.41) is 2.70. The van der Waals surface area contributed by atoms with E-state index in [0.717, 1.165) is 0 Å². The molecule has 2 rings (SSSR count). The molecule has 0 fully saturated rings. The summed E-state index contributed by atoms with van der Waals surface area (Å²) < 4.78 is 10.9. The molecule has 1 amide bonds. The van der Waals surface area contributed by atoms with Crippen LogP contribution in [0.3, 0.4) is 0 Å². The number of rotatable bonds is 4. The minimum atomic E-state index is -0.419. The SMILES string of the molecule is COc1cccc(C(N)=S)c1NC(=O)c1ccc(Br)o1. The van der Waals surface area contributed by atoms with Crippen LogP contribution in [0.1, 0.15) is 16.1 Å². The second-order valence-electron chi connectivity index (χ2n) is 3.80. The van der Waals surface area contributed by atoms with E-state index in [9.17, 15) is 4.79 Å². The molecular weight excluding hydrogens is 344 g/mol. The van der Waals surface area contributed by atoms with E-state index >= 15 is 0 Å². The Labute approximate surface area is 129 Å². The van der Waals surface area contributed by atoms with Crippen molar-refractivity contribution in [2.24, 2.45) is 5.73 Å². The van der Waals surface area contributed by atoms with Crippen LogP contribution >= 0.6 is 28.1 Å². The van der Waals surface area contributed by atoms with Gasteiger partial charge in [-0.15, -0.1) is 0 Å². The van der Waals surface area contributed by atoms with Crippen molar-refractivity contribution in [2.45, 2.75) is 0 Å². The van der Waals surface area contributed by atoms with E-state index in [0.29, 0.717) is 21.7 Å². The molecule has 0 radical (unpaired) electrons. The van der Waals surface area contributed by atoms with Crippen LogP contribution in [0.4, 0.5) is 5.69 Å². The Morgan fingerprint density at radius 3 is 2.70 bits per heavy atom. The topological polar surface area (TPSA) is 77.5 Å². The number of para-hydroxylation sites is 1. The quantitative estimate of drug-likeness (QED) is 0.825. The molecule has 7 heteroatoms. The highest BCUT2D eigenvalue weighted by molar-refractivity contribution is 9.10. The first kappa shape index (κ1) is 14.5. The van der Waals surface area contributed by atoms with Crippen LogP contribution in [0, 0.1) is 0 Å². The molecule has 20 heavy (non-hydrogen) atoms. The first-order valence-electron chi connectivity index (χ1n) is 5.56. The number of furan rings is 1. The number of amides is 1. The number of hydrogen-bond donors (Lipinski definition) is 2. The Hall–Kier alpha value is -1.86. The van der Waals surface area contributed by atoms with Gasteiger partial charge < -0.3 is 20.2 Å². The average Bonchev–Trinajstić information content (AvgIpc) is 2.85. The van der Waals surface area contributed by atoms with E-state index in [1.54, 1.807) is 30.3 Å². The summed E-state index contributed by atoms with van der Waals surface area (Å²) in [6, 6.07) is 8.33. The summed E-state index contributed by atoms with van der Waals surface area (Å²) in [6.45, 7) is 0. The van der Waals surface area contributed by atoms with Crippen molar-refractivity contribution >= 4 is 44.7 Å². The Kier molecular flexibility index (Phi) is 4.41. The van der Waals surface area contributed by atoms with Crippen molar-refractivity contribution in [1.29, 1.82) is 0 Å². The fraction of sp³-hybridized carbons (Fsp3) is 0.0769. The number of carbonyl (C=O) groups is 1. The fourth-order valence-corrected chi connectivity index (χ4v) is 2.12. The van der Waals surface area contributed by atoms with Gasteiger partial charge in [-0.3, -0.25) is 4.79 Å². The lowest BCUT2D eigenvalue weighted by Gasteiger charge is -2.13. The third-order valence-electron chi connectivity index (χ3n) is 2.55. The summed E-state index contributed by atoms with van der Waals surface area (Å²) in [7, 11) is 1.50. The van der Waals surface area contributed by atoms with Crippen molar-refractivity contribution in [2.75, 3.05) is 12.4 Å². The molecule has 0 aliphatic rings. The molecule has 0 saturated heterocycles. The van der Waals surface area contributed by atoms with E-state index in [2.05, 4.69) is 21.2 Å². The second-order valence-corrected chi connectivity index (χ2v) is 5.03. The van der Waals surface area contributed by atoms with Crippen LogP contribution < -0.4 is 15.8 Å². The van der Waals surface area contributed by atoms with Gasteiger partial charge in [0.05, 0.1) is 12.8 Å². The lowest BCUT2D eigenvalue weighted by Crippen LogP contribution is -2.18. The minimum absolute atomic E-state index is 0.164. The number of methoxy groups -OCH3 is 1. The van der Waals surface area contributed by atoms with Crippen LogP contribution in [-0.2, 0) is 0 Å². The van der Waals surface area contributed by atoms with Gasteiger partial charge in [0.1, 0.15) is 10.7 Å². The third kappa shape index (κ3) is 3.00. The molecule has 0 saturated carbocycles. The smallest absolute Gasteiger partial charge is 0.291 e. The van der Waals surface area contributed by atoms with Gasteiger partial charge in [-0.1, -0.05) is 18.3 Å². The third-order valence-corrected chi connectivity index (χ3v) is 3.19. The zero-order valence-electron chi connectivity index (χ0n) is 10.5. The van der Waals surface area contributed by atoms with E-state index < -0.39 is 5.91 Å². The Balaban J connectivity index is 2.37.